The Balaban J connectivity index is 1.14. The second kappa shape index (κ2) is 8.26. The first-order chi connectivity index (χ1) is 14.7. The number of amides is 1. The van der Waals surface area contributed by atoms with E-state index in [1.54, 1.807) is 12.4 Å². The number of benzene rings is 1. The second-order valence-corrected chi connectivity index (χ2v) is 8.08. The fraction of sp³-hybridized carbons (Fsp3) is 0.391. The van der Waals surface area contributed by atoms with Gasteiger partial charge in [0, 0.05) is 29.9 Å². The molecule has 0 unspecified atom stereocenters. The average Bonchev–Trinajstić information content (AvgIpc) is 3.44. The first-order valence-corrected chi connectivity index (χ1v) is 10.5. The number of pyridine rings is 1. The molecule has 3 aromatic rings. The van der Waals surface area contributed by atoms with Crippen LogP contribution < -0.4 is 4.74 Å². The predicted molar refractivity (Wildman–Crippen MR) is 111 cm³/mol. The third-order valence-electron chi connectivity index (χ3n) is 5.91. The normalized spacial score (nSPS) is 17.1. The molecule has 1 saturated heterocycles. The van der Waals surface area contributed by atoms with Crippen LogP contribution in [0.4, 0.5) is 0 Å². The SMILES string of the molecule is O=C(CC1CCCC1)N1CC(Oc2ccc(-c3noc(-c4ccncc4)n3)cc2)C1. The number of rotatable bonds is 6. The molecule has 5 rings (SSSR count). The van der Waals surface area contributed by atoms with Gasteiger partial charge in [-0.25, -0.2) is 0 Å². The second-order valence-electron chi connectivity index (χ2n) is 8.08. The van der Waals surface area contributed by atoms with E-state index >= 15 is 0 Å². The molecule has 30 heavy (non-hydrogen) atoms. The number of hydrogen-bond donors (Lipinski definition) is 0. The highest BCUT2D eigenvalue weighted by atomic mass is 16.5. The van der Waals surface area contributed by atoms with E-state index in [1.807, 2.05) is 41.3 Å². The van der Waals surface area contributed by atoms with Crippen molar-refractivity contribution >= 4 is 5.91 Å². The van der Waals surface area contributed by atoms with Gasteiger partial charge in [0.25, 0.3) is 5.89 Å². The maximum Gasteiger partial charge on any atom is 0.258 e. The molecular formula is C23H24N4O3. The lowest BCUT2D eigenvalue weighted by Gasteiger charge is -2.39. The van der Waals surface area contributed by atoms with Gasteiger partial charge in [-0.05, 0) is 55.2 Å². The molecule has 7 nitrogen and oxygen atoms in total. The summed E-state index contributed by atoms with van der Waals surface area (Å²) in [6.45, 7) is 1.35. The quantitative estimate of drug-likeness (QED) is 0.618. The zero-order valence-electron chi connectivity index (χ0n) is 16.7. The van der Waals surface area contributed by atoms with Crippen LogP contribution in [0.15, 0.2) is 53.3 Å². The van der Waals surface area contributed by atoms with E-state index in [4.69, 9.17) is 9.26 Å². The molecule has 2 aromatic heterocycles. The van der Waals surface area contributed by atoms with Gasteiger partial charge in [-0.15, -0.1) is 0 Å². The Morgan fingerprint density at radius 3 is 2.50 bits per heavy atom. The molecule has 3 heterocycles. The fourth-order valence-electron chi connectivity index (χ4n) is 4.13. The molecule has 0 radical (unpaired) electrons. The molecule has 1 saturated carbocycles. The molecule has 2 aliphatic rings. The van der Waals surface area contributed by atoms with Crippen LogP contribution in [-0.2, 0) is 4.79 Å². The van der Waals surface area contributed by atoms with E-state index in [0.29, 0.717) is 37.1 Å². The van der Waals surface area contributed by atoms with E-state index in [0.717, 1.165) is 16.9 Å². The van der Waals surface area contributed by atoms with Gasteiger partial charge in [0.15, 0.2) is 0 Å². The molecule has 154 valence electrons. The zero-order chi connectivity index (χ0) is 20.3. The molecule has 0 atom stereocenters. The average molecular weight is 404 g/mol. The van der Waals surface area contributed by atoms with Crippen LogP contribution in [0.1, 0.15) is 32.1 Å². The minimum atomic E-state index is 0.0619. The van der Waals surface area contributed by atoms with E-state index in [1.165, 1.54) is 25.7 Å². The first-order valence-electron chi connectivity index (χ1n) is 10.5. The summed E-state index contributed by atoms with van der Waals surface area (Å²) in [6.07, 6.45) is 9.10. The zero-order valence-corrected chi connectivity index (χ0v) is 16.7. The smallest absolute Gasteiger partial charge is 0.258 e. The maximum atomic E-state index is 12.3. The lowest BCUT2D eigenvalue weighted by molar-refractivity contribution is -0.141. The Labute approximate surface area is 175 Å². The van der Waals surface area contributed by atoms with Crippen LogP contribution in [0, 0.1) is 5.92 Å². The first kappa shape index (κ1) is 18.8. The Kier molecular flexibility index (Phi) is 5.17. The molecule has 2 fully saturated rings. The Bertz CT molecular complexity index is 991. The van der Waals surface area contributed by atoms with E-state index in [9.17, 15) is 4.79 Å². The summed E-state index contributed by atoms with van der Waals surface area (Å²) in [5, 5.41) is 4.06. The third kappa shape index (κ3) is 4.06. The topological polar surface area (TPSA) is 81.4 Å². The van der Waals surface area contributed by atoms with Gasteiger partial charge in [0.2, 0.25) is 11.7 Å². The summed E-state index contributed by atoms with van der Waals surface area (Å²) in [6, 6.07) is 11.3. The number of ether oxygens (including phenoxy) is 1. The van der Waals surface area contributed by atoms with Crippen LogP contribution in [0.25, 0.3) is 22.8 Å². The standard InChI is InChI=1S/C23H24N4O3/c28-21(13-16-3-1-2-4-16)27-14-20(15-27)29-19-7-5-17(6-8-19)22-25-23(30-26-22)18-9-11-24-12-10-18/h5-12,16,20H,1-4,13-15H2. The molecule has 7 heteroatoms. The van der Waals surface area contributed by atoms with Crippen LogP contribution >= 0.6 is 0 Å². The summed E-state index contributed by atoms with van der Waals surface area (Å²) < 4.78 is 11.4. The third-order valence-corrected chi connectivity index (χ3v) is 5.91. The molecule has 0 bridgehead atoms. The Hall–Kier alpha value is -3.22. The van der Waals surface area contributed by atoms with Crippen molar-refractivity contribution in [3.8, 4) is 28.6 Å². The van der Waals surface area contributed by atoms with Gasteiger partial charge >= 0.3 is 0 Å². The molecule has 1 aliphatic heterocycles. The van der Waals surface area contributed by atoms with Crippen molar-refractivity contribution in [1.82, 2.24) is 20.0 Å². The summed E-state index contributed by atoms with van der Waals surface area (Å²) in [5.41, 5.74) is 1.69. The van der Waals surface area contributed by atoms with Crippen molar-refractivity contribution < 1.29 is 14.1 Å². The monoisotopic (exact) mass is 404 g/mol. The van der Waals surface area contributed by atoms with Gasteiger partial charge in [-0.3, -0.25) is 9.78 Å². The molecule has 1 aromatic carbocycles. The van der Waals surface area contributed by atoms with E-state index in [-0.39, 0.29) is 12.0 Å². The fourth-order valence-corrected chi connectivity index (χ4v) is 4.13. The summed E-state index contributed by atoms with van der Waals surface area (Å²) in [4.78, 5) is 22.7. The van der Waals surface area contributed by atoms with Gasteiger partial charge in [-0.1, -0.05) is 18.0 Å². The van der Waals surface area contributed by atoms with Crippen LogP contribution in [-0.4, -0.2) is 45.1 Å². The largest absolute Gasteiger partial charge is 0.487 e. The lowest BCUT2D eigenvalue weighted by Crippen LogP contribution is -2.56. The number of hydrogen-bond acceptors (Lipinski definition) is 6. The van der Waals surface area contributed by atoms with Gasteiger partial charge in [-0.2, -0.15) is 4.98 Å². The summed E-state index contributed by atoms with van der Waals surface area (Å²) in [7, 11) is 0. The lowest BCUT2D eigenvalue weighted by atomic mass is 10.0. The van der Waals surface area contributed by atoms with Gasteiger partial charge in [0.05, 0.1) is 13.1 Å². The minimum absolute atomic E-state index is 0.0619. The molecule has 0 N–H and O–H groups in total. The summed E-state index contributed by atoms with van der Waals surface area (Å²) in [5.74, 6) is 2.64. The summed E-state index contributed by atoms with van der Waals surface area (Å²) >= 11 is 0. The molecule has 1 amide bonds. The van der Waals surface area contributed by atoms with Gasteiger partial charge < -0.3 is 14.2 Å². The molecule has 0 spiro atoms. The Morgan fingerprint density at radius 2 is 1.77 bits per heavy atom. The van der Waals surface area contributed by atoms with E-state index in [2.05, 4.69) is 15.1 Å². The van der Waals surface area contributed by atoms with E-state index < -0.39 is 0 Å². The van der Waals surface area contributed by atoms with Crippen molar-refractivity contribution in [2.24, 2.45) is 5.92 Å². The predicted octanol–water partition coefficient (Wildman–Crippen LogP) is 3.97. The molecular weight excluding hydrogens is 380 g/mol. The van der Waals surface area contributed by atoms with Crippen molar-refractivity contribution in [2.75, 3.05) is 13.1 Å². The highest BCUT2D eigenvalue weighted by Crippen LogP contribution is 2.29. The number of likely N-dealkylation sites (tertiary alicyclic amines) is 1. The van der Waals surface area contributed by atoms with Crippen LogP contribution in [0.2, 0.25) is 0 Å². The highest BCUT2D eigenvalue weighted by molar-refractivity contribution is 5.77. The van der Waals surface area contributed by atoms with Gasteiger partial charge in [0.1, 0.15) is 11.9 Å². The van der Waals surface area contributed by atoms with Crippen molar-refractivity contribution in [3.63, 3.8) is 0 Å². The van der Waals surface area contributed by atoms with Crippen LogP contribution in [0.3, 0.4) is 0 Å². The molecule has 1 aliphatic carbocycles. The van der Waals surface area contributed by atoms with Crippen molar-refractivity contribution in [1.29, 1.82) is 0 Å². The number of carbonyl (C=O) groups excluding carboxylic acids is 1. The maximum absolute atomic E-state index is 12.3. The number of carbonyl (C=O) groups is 1. The number of nitrogens with zero attached hydrogens (tertiary/aromatic N) is 4. The number of aromatic nitrogens is 3. The van der Waals surface area contributed by atoms with Crippen LogP contribution in [0.5, 0.6) is 5.75 Å². The minimum Gasteiger partial charge on any atom is -0.487 e. The highest BCUT2D eigenvalue weighted by Gasteiger charge is 2.33. The van der Waals surface area contributed by atoms with Crippen molar-refractivity contribution in [3.05, 3.63) is 48.8 Å². The Morgan fingerprint density at radius 1 is 1.03 bits per heavy atom. The van der Waals surface area contributed by atoms with Crippen molar-refractivity contribution in [2.45, 2.75) is 38.2 Å².